The zero-order valence-corrected chi connectivity index (χ0v) is 11.2. The first kappa shape index (κ1) is 13.6. The Kier molecular flexibility index (Phi) is 4.70. The fourth-order valence-electron chi connectivity index (χ4n) is 1.79. The smallest absolute Gasteiger partial charge is 0.0540 e. The number of hydrazine groups is 1. The first-order chi connectivity index (χ1) is 9.81. The van der Waals surface area contributed by atoms with Crippen LogP contribution in [0.15, 0.2) is 48.5 Å². The molecule has 0 saturated carbocycles. The molecule has 0 amide bonds. The minimum Gasteiger partial charge on any atom is -0.301 e. The van der Waals surface area contributed by atoms with Gasteiger partial charge in [-0.3, -0.25) is 0 Å². The highest BCUT2D eigenvalue weighted by atomic mass is 15.4. The molecule has 0 atom stereocenters. The summed E-state index contributed by atoms with van der Waals surface area (Å²) in [6.45, 7) is 0. The van der Waals surface area contributed by atoms with Crippen LogP contribution in [0.3, 0.4) is 0 Å². The van der Waals surface area contributed by atoms with Crippen molar-refractivity contribution in [2.75, 3.05) is 10.9 Å². The lowest BCUT2D eigenvalue weighted by molar-refractivity contribution is 1.30. The van der Waals surface area contributed by atoms with Crippen molar-refractivity contribution in [2.24, 2.45) is 0 Å². The summed E-state index contributed by atoms with van der Waals surface area (Å²) < 4.78 is 0. The van der Waals surface area contributed by atoms with Gasteiger partial charge in [0.25, 0.3) is 0 Å². The normalized spacial score (nSPS) is 9.30. The molecule has 2 nitrogen and oxygen atoms in total. The van der Waals surface area contributed by atoms with Gasteiger partial charge >= 0.3 is 0 Å². The van der Waals surface area contributed by atoms with Gasteiger partial charge in [-0.2, -0.15) is 0 Å². The van der Waals surface area contributed by atoms with Gasteiger partial charge in [0.1, 0.15) is 0 Å². The molecule has 2 heteroatoms. The standard InChI is InChI=1S/C18H16N2/c1-3-5-15-7-11-17(12-8-15)19-20-18-13-9-16(6-4-2)10-14-18/h1-2,7-14,19-20H,5-6H2. The summed E-state index contributed by atoms with van der Waals surface area (Å²) >= 11 is 0. The SMILES string of the molecule is C#CCc1ccc(NNc2ccc(CC#C)cc2)cc1. The summed E-state index contributed by atoms with van der Waals surface area (Å²) in [6, 6.07) is 16.0. The quantitative estimate of drug-likeness (QED) is 0.635. The zero-order chi connectivity index (χ0) is 14.2. The maximum Gasteiger partial charge on any atom is 0.0540 e. The van der Waals surface area contributed by atoms with Crippen molar-refractivity contribution in [3.8, 4) is 24.7 Å². The Hall–Kier alpha value is -2.84. The topological polar surface area (TPSA) is 24.1 Å². The van der Waals surface area contributed by atoms with Gasteiger partial charge in [-0.05, 0) is 35.4 Å². The van der Waals surface area contributed by atoms with Crippen molar-refractivity contribution in [2.45, 2.75) is 12.8 Å². The second-order valence-electron chi connectivity index (χ2n) is 4.41. The monoisotopic (exact) mass is 260 g/mol. The van der Waals surface area contributed by atoms with Crippen LogP contribution in [-0.4, -0.2) is 0 Å². The zero-order valence-electron chi connectivity index (χ0n) is 11.2. The molecule has 20 heavy (non-hydrogen) atoms. The molecule has 0 radical (unpaired) electrons. The predicted octanol–water partition coefficient (Wildman–Crippen LogP) is 3.48. The van der Waals surface area contributed by atoms with Crippen LogP contribution in [-0.2, 0) is 12.8 Å². The van der Waals surface area contributed by atoms with E-state index in [1.165, 1.54) is 0 Å². The second-order valence-corrected chi connectivity index (χ2v) is 4.41. The van der Waals surface area contributed by atoms with E-state index in [9.17, 15) is 0 Å². The Morgan fingerprint density at radius 1 is 0.650 bits per heavy atom. The van der Waals surface area contributed by atoms with Gasteiger partial charge in [0.2, 0.25) is 0 Å². The van der Waals surface area contributed by atoms with Gasteiger partial charge in [-0.15, -0.1) is 24.7 Å². The van der Waals surface area contributed by atoms with Gasteiger partial charge in [-0.25, -0.2) is 0 Å². The molecule has 2 aromatic rings. The lowest BCUT2D eigenvalue weighted by Crippen LogP contribution is -2.08. The lowest BCUT2D eigenvalue weighted by Gasteiger charge is -2.10. The van der Waals surface area contributed by atoms with Crippen molar-refractivity contribution >= 4 is 11.4 Å². The van der Waals surface area contributed by atoms with E-state index >= 15 is 0 Å². The van der Waals surface area contributed by atoms with E-state index in [0.717, 1.165) is 22.5 Å². The number of nitrogens with one attached hydrogen (secondary N) is 2. The van der Waals surface area contributed by atoms with Crippen molar-refractivity contribution in [1.82, 2.24) is 0 Å². The Bertz CT molecular complexity index is 566. The molecule has 0 aliphatic heterocycles. The molecule has 2 aromatic carbocycles. The van der Waals surface area contributed by atoms with E-state index in [1.54, 1.807) is 0 Å². The first-order valence-electron chi connectivity index (χ1n) is 6.38. The summed E-state index contributed by atoms with van der Waals surface area (Å²) in [5, 5.41) is 0. The molecule has 0 fully saturated rings. The minimum absolute atomic E-state index is 0.657. The van der Waals surface area contributed by atoms with Crippen LogP contribution >= 0.6 is 0 Å². The molecule has 2 N–H and O–H groups in total. The fraction of sp³-hybridized carbons (Fsp3) is 0.111. The number of anilines is 2. The number of terminal acetylenes is 2. The maximum atomic E-state index is 5.28. The van der Waals surface area contributed by atoms with Gasteiger partial charge in [0, 0.05) is 12.8 Å². The third-order valence-electron chi connectivity index (χ3n) is 2.87. The summed E-state index contributed by atoms with van der Waals surface area (Å²) in [5.41, 5.74) is 10.5. The largest absolute Gasteiger partial charge is 0.301 e. The van der Waals surface area contributed by atoms with Crippen LogP contribution in [0.5, 0.6) is 0 Å². The summed E-state index contributed by atoms with van der Waals surface area (Å²) in [7, 11) is 0. The molecule has 2 rings (SSSR count). The van der Waals surface area contributed by atoms with E-state index < -0.39 is 0 Å². The van der Waals surface area contributed by atoms with E-state index in [2.05, 4.69) is 22.7 Å². The number of benzene rings is 2. The molecule has 0 heterocycles. The molecule has 0 spiro atoms. The highest BCUT2D eigenvalue weighted by Gasteiger charge is 1.95. The third kappa shape index (κ3) is 3.83. The van der Waals surface area contributed by atoms with E-state index in [0.29, 0.717) is 12.8 Å². The summed E-state index contributed by atoms with van der Waals surface area (Å²) in [6.07, 6.45) is 11.9. The van der Waals surface area contributed by atoms with E-state index in [1.807, 2.05) is 48.5 Å². The lowest BCUT2D eigenvalue weighted by atomic mass is 10.1. The van der Waals surface area contributed by atoms with Crippen LogP contribution in [0.25, 0.3) is 0 Å². The average molecular weight is 260 g/mol. The maximum absolute atomic E-state index is 5.28. The Morgan fingerprint density at radius 2 is 1.00 bits per heavy atom. The van der Waals surface area contributed by atoms with Gasteiger partial charge in [0.05, 0.1) is 11.4 Å². The van der Waals surface area contributed by atoms with E-state index in [-0.39, 0.29) is 0 Å². The predicted molar refractivity (Wildman–Crippen MR) is 85.2 cm³/mol. The molecule has 0 aromatic heterocycles. The molecule has 0 bridgehead atoms. The molecular formula is C18H16N2. The molecule has 0 aliphatic rings. The van der Waals surface area contributed by atoms with Crippen LogP contribution in [0.1, 0.15) is 11.1 Å². The Labute approximate surface area is 120 Å². The van der Waals surface area contributed by atoms with Crippen LogP contribution in [0.4, 0.5) is 11.4 Å². The van der Waals surface area contributed by atoms with Crippen molar-refractivity contribution in [3.05, 3.63) is 59.7 Å². The van der Waals surface area contributed by atoms with Crippen molar-refractivity contribution in [3.63, 3.8) is 0 Å². The average Bonchev–Trinajstić information content (AvgIpc) is 2.49. The highest BCUT2D eigenvalue weighted by molar-refractivity contribution is 5.53. The summed E-state index contributed by atoms with van der Waals surface area (Å²) in [4.78, 5) is 0. The minimum atomic E-state index is 0.657. The number of hydrogen-bond acceptors (Lipinski definition) is 2. The first-order valence-corrected chi connectivity index (χ1v) is 6.38. The van der Waals surface area contributed by atoms with Crippen molar-refractivity contribution < 1.29 is 0 Å². The Morgan fingerprint density at radius 3 is 1.30 bits per heavy atom. The molecule has 0 aliphatic carbocycles. The molecule has 98 valence electrons. The number of hydrogen-bond donors (Lipinski definition) is 2. The van der Waals surface area contributed by atoms with Crippen molar-refractivity contribution in [1.29, 1.82) is 0 Å². The molecular weight excluding hydrogens is 244 g/mol. The fourth-order valence-corrected chi connectivity index (χ4v) is 1.79. The second kappa shape index (κ2) is 6.92. The van der Waals surface area contributed by atoms with Crippen LogP contribution in [0, 0.1) is 24.7 Å². The van der Waals surface area contributed by atoms with Gasteiger partial charge < -0.3 is 10.9 Å². The summed E-state index contributed by atoms with van der Waals surface area (Å²) in [5.74, 6) is 5.25. The number of rotatable bonds is 5. The van der Waals surface area contributed by atoms with Crippen LogP contribution < -0.4 is 10.9 Å². The third-order valence-corrected chi connectivity index (χ3v) is 2.87. The van der Waals surface area contributed by atoms with E-state index in [4.69, 9.17) is 12.8 Å². The van der Waals surface area contributed by atoms with Gasteiger partial charge in [0.15, 0.2) is 0 Å². The molecule has 0 unspecified atom stereocenters. The van der Waals surface area contributed by atoms with Crippen LogP contribution in [0.2, 0.25) is 0 Å². The Balaban J connectivity index is 1.91. The van der Waals surface area contributed by atoms with Gasteiger partial charge in [-0.1, -0.05) is 24.3 Å². The highest BCUT2D eigenvalue weighted by Crippen LogP contribution is 2.13. The molecule has 0 saturated heterocycles.